The largest absolute Gasteiger partial charge is 0.490 e. The van der Waals surface area contributed by atoms with Crippen molar-refractivity contribution in [2.24, 2.45) is 0 Å². The van der Waals surface area contributed by atoms with Gasteiger partial charge in [-0.3, -0.25) is 4.79 Å². The lowest BCUT2D eigenvalue weighted by atomic mass is 10.0. The molecule has 0 bridgehead atoms. The Labute approximate surface area is 176 Å². The van der Waals surface area contributed by atoms with Crippen LogP contribution in [0.5, 0.6) is 11.5 Å². The van der Waals surface area contributed by atoms with E-state index in [1.165, 1.54) is 0 Å². The summed E-state index contributed by atoms with van der Waals surface area (Å²) in [4.78, 5) is 24.8. The van der Waals surface area contributed by atoms with Gasteiger partial charge < -0.3 is 14.2 Å². The molecule has 0 fully saturated rings. The smallest absolute Gasteiger partial charge is 0.338 e. The predicted molar refractivity (Wildman–Crippen MR) is 115 cm³/mol. The maximum absolute atomic E-state index is 12.4. The molecule has 30 heavy (non-hydrogen) atoms. The zero-order valence-electron chi connectivity index (χ0n) is 17.1. The average molecular weight is 404 g/mol. The van der Waals surface area contributed by atoms with Gasteiger partial charge in [0.1, 0.15) is 0 Å². The molecule has 5 nitrogen and oxygen atoms in total. The molecular weight excluding hydrogens is 380 g/mol. The van der Waals surface area contributed by atoms with Crippen LogP contribution < -0.4 is 9.47 Å². The van der Waals surface area contributed by atoms with Gasteiger partial charge in [-0.05, 0) is 43.2 Å². The number of rotatable bonds is 9. The third-order valence-corrected chi connectivity index (χ3v) is 4.43. The zero-order chi connectivity index (χ0) is 21.3. The molecular formula is C25H24O5. The number of carbonyl (C=O) groups excluding carboxylic acids is 2. The second kappa shape index (κ2) is 10.3. The summed E-state index contributed by atoms with van der Waals surface area (Å²) >= 11 is 0. The summed E-state index contributed by atoms with van der Waals surface area (Å²) in [6.45, 7) is 4.32. The van der Waals surface area contributed by atoms with Gasteiger partial charge >= 0.3 is 5.97 Å². The maximum Gasteiger partial charge on any atom is 0.338 e. The van der Waals surface area contributed by atoms with E-state index in [1.807, 2.05) is 56.3 Å². The molecule has 5 heteroatoms. The van der Waals surface area contributed by atoms with Crippen LogP contribution in [0.3, 0.4) is 0 Å². The van der Waals surface area contributed by atoms with Crippen LogP contribution in [-0.2, 0) is 4.74 Å². The Bertz CT molecular complexity index is 994. The van der Waals surface area contributed by atoms with Gasteiger partial charge in [0.2, 0.25) is 0 Å². The molecule has 0 saturated carbocycles. The minimum Gasteiger partial charge on any atom is -0.490 e. The minimum atomic E-state index is -0.590. The van der Waals surface area contributed by atoms with Crippen LogP contribution in [0.1, 0.15) is 34.6 Å². The van der Waals surface area contributed by atoms with E-state index in [-0.39, 0.29) is 12.4 Å². The van der Waals surface area contributed by atoms with Crippen molar-refractivity contribution in [2.45, 2.75) is 13.8 Å². The fourth-order valence-corrected chi connectivity index (χ4v) is 2.96. The van der Waals surface area contributed by atoms with Crippen LogP contribution >= 0.6 is 0 Å². The SMILES string of the molecule is CCOc1ccc(C(=O)OCC(=O)c2ccc(-c3ccccc3)cc2)cc1OCC. The van der Waals surface area contributed by atoms with Gasteiger partial charge in [0.15, 0.2) is 23.9 Å². The first-order valence-corrected chi connectivity index (χ1v) is 9.87. The second-order valence-corrected chi connectivity index (χ2v) is 6.47. The lowest BCUT2D eigenvalue weighted by Gasteiger charge is -2.12. The van der Waals surface area contributed by atoms with Crippen molar-refractivity contribution >= 4 is 11.8 Å². The standard InChI is InChI=1S/C25H24O5/c1-3-28-23-15-14-21(16-24(23)29-4-2)25(27)30-17-22(26)20-12-10-19(11-13-20)18-8-6-5-7-9-18/h5-16H,3-4,17H2,1-2H3. The van der Waals surface area contributed by atoms with Gasteiger partial charge in [0.25, 0.3) is 0 Å². The van der Waals surface area contributed by atoms with E-state index in [0.717, 1.165) is 11.1 Å². The molecule has 154 valence electrons. The maximum atomic E-state index is 12.4. The Morgan fingerprint density at radius 1 is 0.700 bits per heavy atom. The Morgan fingerprint density at radius 3 is 1.97 bits per heavy atom. The van der Waals surface area contributed by atoms with E-state index in [9.17, 15) is 9.59 Å². The van der Waals surface area contributed by atoms with Gasteiger partial charge in [0, 0.05) is 5.56 Å². The van der Waals surface area contributed by atoms with Gasteiger partial charge in [-0.25, -0.2) is 4.79 Å². The summed E-state index contributed by atoms with van der Waals surface area (Å²) < 4.78 is 16.2. The van der Waals surface area contributed by atoms with Crippen LogP contribution in [-0.4, -0.2) is 31.6 Å². The van der Waals surface area contributed by atoms with Crippen molar-refractivity contribution in [3.63, 3.8) is 0 Å². The Kier molecular flexibility index (Phi) is 7.22. The summed E-state index contributed by atoms with van der Waals surface area (Å²) in [5.41, 5.74) is 2.88. The van der Waals surface area contributed by atoms with Crippen molar-refractivity contribution in [3.05, 3.63) is 83.9 Å². The number of hydrogen-bond acceptors (Lipinski definition) is 5. The van der Waals surface area contributed by atoms with Crippen LogP contribution in [0, 0.1) is 0 Å². The fraction of sp³-hybridized carbons (Fsp3) is 0.200. The van der Waals surface area contributed by atoms with Crippen LogP contribution in [0.25, 0.3) is 11.1 Å². The van der Waals surface area contributed by atoms with E-state index in [4.69, 9.17) is 14.2 Å². The highest BCUT2D eigenvalue weighted by atomic mass is 16.5. The van der Waals surface area contributed by atoms with Crippen LogP contribution in [0.2, 0.25) is 0 Å². The molecule has 0 radical (unpaired) electrons. The number of Topliss-reactive ketones (excluding diaryl/α,β-unsaturated/α-hetero) is 1. The van der Waals surface area contributed by atoms with Crippen molar-refractivity contribution in [1.82, 2.24) is 0 Å². The number of hydrogen-bond donors (Lipinski definition) is 0. The van der Waals surface area contributed by atoms with Gasteiger partial charge in [-0.2, -0.15) is 0 Å². The molecule has 0 heterocycles. The highest BCUT2D eigenvalue weighted by molar-refractivity contribution is 5.99. The third-order valence-electron chi connectivity index (χ3n) is 4.43. The first kappa shape index (κ1) is 21.1. The Balaban J connectivity index is 1.63. The molecule has 0 unspecified atom stereocenters. The monoisotopic (exact) mass is 404 g/mol. The summed E-state index contributed by atoms with van der Waals surface area (Å²) in [6.07, 6.45) is 0. The number of ether oxygens (including phenoxy) is 3. The molecule has 0 atom stereocenters. The number of ketones is 1. The van der Waals surface area contributed by atoms with Crippen molar-refractivity contribution in [3.8, 4) is 22.6 Å². The summed E-state index contributed by atoms with van der Waals surface area (Å²) in [6, 6.07) is 22.0. The first-order valence-electron chi connectivity index (χ1n) is 9.87. The lowest BCUT2D eigenvalue weighted by Crippen LogP contribution is -2.14. The summed E-state index contributed by atoms with van der Waals surface area (Å²) in [5, 5.41) is 0. The summed E-state index contributed by atoms with van der Waals surface area (Å²) in [7, 11) is 0. The topological polar surface area (TPSA) is 61.8 Å². The zero-order valence-corrected chi connectivity index (χ0v) is 17.1. The molecule has 0 amide bonds. The van der Waals surface area contributed by atoms with Gasteiger partial charge in [-0.15, -0.1) is 0 Å². The van der Waals surface area contributed by atoms with Crippen molar-refractivity contribution in [2.75, 3.05) is 19.8 Å². The molecule has 3 rings (SSSR count). The Hall–Kier alpha value is -3.60. The van der Waals surface area contributed by atoms with E-state index < -0.39 is 5.97 Å². The average Bonchev–Trinajstić information content (AvgIpc) is 2.79. The lowest BCUT2D eigenvalue weighted by molar-refractivity contribution is 0.0474. The van der Waals surface area contributed by atoms with Crippen molar-refractivity contribution in [1.29, 1.82) is 0 Å². The number of esters is 1. The Morgan fingerprint density at radius 2 is 1.30 bits per heavy atom. The van der Waals surface area contributed by atoms with E-state index in [1.54, 1.807) is 30.3 Å². The number of carbonyl (C=O) groups is 2. The molecule has 0 N–H and O–H groups in total. The van der Waals surface area contributed by atoms with Gasteiger partial charge in [0.05, 0.1) is 18.8 Å². The molecule has 3 aromatic rings. The molecule has 0 aromatic heterocycles. The van der Waals surface area contributed by atoms with E-state index in [0.29, 0.717) is 35.8 Å². The molecule has 0 aliphatic heterocycles. The second-order valence-electron chi connectivity index (χ2n) is 6.47. The first-order chi connectivity index (χ1) is 14.6. The molecule has 0 aliphatic rings. The molecule has 0 aliphatic carbocycles. The van der Waals surface area contributed by atoms with Crippen LogP contribution in [0.4, 0.5) is 0 Å². The quantitative estimate of drug-likeness (QED) is 0.363. The fourth-order valence-electron chi connectivity index (χ4n) is 2.96. The normalized spacial score (nSPS) is 10.3. The summed E-state index contributed by atoms with van der Waals surface area (Å²) in [5.74, 6) is 0.175. The molecule has 3 aromatic carbocycles. The van der Waals surface area contributed by atoms with E-state index in [2.05, 4.69) is 0 Å². The number of benzene rings is 3. The minimum absolute atomic E-state index is 0.265. The van der Waals surface area contributed by atoms with Crippen molar-refractivity contribution < 1.29 is 23.8 Å². The molecule has 0 spiro atoms. The van der Waals surface area contributed by atoms with Crippen LogP contribution in [0.15, 0.2) is 72.8 Å². The highest BCUT2D eigenvalue weighted by Gasteiger charge is 2.15. The highest BCUT2D eigenvalue weighted by Crippen LogP contribution is 2.29. The van der Waals surface area contributed by atoms with E-state index >= 15 is 0 Å². The van der Waals surface area contributed by atoms with Gasteiger partial charge in [-0.1, -0.05) is 54.6 Å². The molecule has 0 saturated heterocycles. The predicted octanol–water partition coefficient (Wildman–Crippen LogP) is 5.19. The third kappa shape index (κ3) is 5.26.